The lowest BCUT2D eigenvalue weighted by Crippen LogP contribution is -2.30. The minimum Gasteiger partial charge on any atom is -0.453 e. The molecule has 0 fully saturated rings. The van der Waals surface area contributed by atoms with Gasteiger partial charge >= 0.3 is 5.97 Å². The SMILES string of the molecule is CC(=O)c1ccc(NC(=O)[C@@H](C)OC(=O)CCC(=O)c2ccc(F)cc2)cc1. The highest BCUT2D eigenvalue weighted by Gasteiger charge is 2.19. The van der Waals surface area contributed by atoms with Gasteiger partial charge in [-0.05, 0) is 62.4 Å². The second-order valence-corrected chi connectivity index (χ2v) is 6.18. The van der Waals surface area contributed by atoms with Gasteiger partial charge in [0.1, 0.15) is 5.82 Å². The topological polar surface area (TPSA) is 89.5 Å². The molecule has 2 aromatic carbocycles. The van der Waals surface area contributed by atoms with E-state index in [1.807, 2.05) is 0 Å². The summed E-state index contributed by atoms with van der Waals surface area (Å²) in [6.07, 6.45) is -1.35. The van der Waals surface area contributed by atoms with Crippen LogP contribution in [0.4, 0.5) is 10.1 Å². The van der Waals surface area contributed by atoms with E-state index in [0.717, 1.165) is 0 Å². The van der Waals surface area contributed by atoms with Gasteiger partial charge in [0.25, 0.3) is 5.91 Å². The van der Waals surface area contributed by atoms with Crippen molar-refractivity contribution >= 4 is 29.1 Å². The molecule has 7 heteroatoms. The number of ether oxygens (including phenoxy) is 1. The molecule has 0 aliphatic carbocycles. The number of esters is 1. The Balaban J connectivity index is 1.80. The van der Waals surface area contributed by atoms with Gasteiger partial charge in [0, 0.05) is 23.2 Å². The molecule has 0 aromatic heterocycles. The third-order valence-corrected chi connectivity index (χ3v) is 3.96. The van der Waals surface area contributed by atoms with Crippen LogP contribution in [-0.4, -0.2) is 29.5 Å². The van der Waals surface area contributed by atoms with Gasteiger partial charge in [-0.1, -0.05) is 0 Å². The maximum atomic E-state index is 12.9. The molecule has 0 aliphatic heterocycles. The molecule has 2 aromatic rings. The Morgan fingerprint density at radius 1 is 0.929 bits per heavy atom. The fourth-order valence-corrected chi connectivity index (χ4v) is 2.34. The smallest absolute Gasteiger partial charge is 0.307 e. The number of rotatable bonds is 8. The summed E-state index contributed by atoms with van der Waals surface area (Å²) in [5, 5.41) is 2.58. The van der Waals surface area contributed by atoms with Gasteiger partial charge in [-0.15, -0.1) is 0 Å². The predicted molar refractivity (Wildman–Crippen MR) is 101 cm³/mol. The van der Waals surface area contributed by atoms with Gasteiger partial charge in [-0.2, -0.15) is 0 Å². The second kappa shape index (κ2) is 9.55. The first-order valence-corrected chi connectivity index (χ1v) is 8.66. The minimum absolute atomic E-state index is 0.0876. The number of hydrogen-bond donors (Lipinski definition) is 1. The standard InChI is InChI=1S/C21H20FNO5/c1-13(24)15-5-9-18(10-6-15)23-21(27)14(2)28-20(26)12-11-19(25)16-3-7-17(22)8-4-16/h3-10,14H,11-12H2,1-2H3,(H,23,27)/t14-/m1/s1. The molecular weight excluding hydrogens is 365 g/mol. The van der Waals surface area contributed by atoms with Gasteiger partial charge in [-0.25, -0.2) is 4.39 Å². The Morgan fingerprint density at radius 2 is 1.50 bits per heavy atom. The number of benzene rings is 2. The third kappa shape index (κ3) is 6.12. The van der Waals surface area contributed by atoms with Gasteiger partial charge in [0.2, 0.25) is 0 Å². The van der Waals surface area contributed by atoms with E-state index in [9.17, 15) is 23.6 Å². The number of amides is 1. The van der Waals surface area contributed by atoms with Crippen molar-refractivity contribution < 1.29 is 28.3 Å². The number of carbonyl (C=O) groups is 4. The second-order valence-electron chi connectivity index (χ2n) is 6.18. The van der Waals surface area contributed by atoms with Crippen molar-refractivity contribution in [2.75, 3.05) is 5.32 Å². The summed E-state index contributed by atoms with van der Waals surface area (Å²) in [7, 11) is 0. The van der Waals surface area contributed by atoms with Crippen LogP contribution in [-0.2, 0) is 14.3 Å². The molecule has 2 rings (SSSR count). The van der Waals surface area contributed by atoms with E-state index in [2.05, 4.69) is 5.32 Å². The molecule has 0 radical (unpaired) electrons. The zero-order valence-corrected chi connectivity index (χ0v) is 15.5. The number of hydrogen-bond acceptors (Lipinski definition) is 5. The van der Waals surface area contributed by atoms with Crippen LogP contribution in [0.5, 0.6) is 0 Å². The van der Waals surface area contributed by atoms with Crippen molar-refractivity contribution in [2.45, 2.75) is 32.8 Å². The summed E-state index contributed by atoms with van der Waals surface area (Å²) in [6.45, 7) is 2.86. The van der Waals surface area contributed by atoms with Gasteiger partial charge < -0.3 is 10.1 Å². The van der Waals surface area contributed by atoms with Crippen molar-refractivity contribution in [2.24, 2.45) is 0 Å². The molecule has 28 heavy (non-hydrogen) atoms. The van der Waals surface area contributed by atoms with E-state index < -0.39 is 23.8 Å². The first-order chi connectivity index (χ1) is 13.3. The summed E-state index contributed by atoms with van der Waals surface area (Å²) in [4.78, 5) is 47.2. The molecule has 1 amide bonds. The molecule has 0 aliphatic rings. The van der Waals surface area contributed by atoms with Gasteiger partial charge in [-0.3, -0.25) is 19.2 Å². The van der Waals surface area contributed by atoms with Crippen LogP contribution in [0.15, 0.2) is 48.5 Å². The van der Waals surface area contributed by atoms with Crippen LogP contribution in [0.2, 0.25) is 0 Å². The minimum atomic E-state index is -1.05. The monoisotopic (exact) mass is 385 g/mol. The highest BCUT2D eigenvalue weighted by Crippen LogP contribution is 2.12. The highest BCUT2D eigenvalue weighted by molar-refractivity contribution is 5.99. The molecule has 0 bridgehead atoms. The van der Waals surface area contributed by atoms with Crippen LogP contribution >= 0.6 is 0 Å². The molecule has 6 nitrogen and oxygen atoms in total. The molecule has 0 heterocycles. The quantitative estimate of drug-likeness (QED) is 0.554. The number of Topliss-reactive ketones (excluding diaryl/α,β-unsaturated/α-hetero) is 2. The van der Waals surface area contributed by atoms with Crippen molar-refractivity contribution in [1.29, 1.82) is 0 Å². The summed E-state index contributed by atoms with van der Waals surface area (Å²) >= 11 is 0. The number of anilines is 1. The van der Waals surface area contributed by atoms with Gasteiger partial charge in [0.05, 0.1) is 6.42 Å². The molecule has 146 valence electrons. The Morgan fingerprint density at radius 3 is 2.07 bits per heavy atom. The summed E-state index contributed by atoms with van der Waals surface area (Å²) < 4.78 is 17.9. The predicted octanol–water partition coefficient (Wildman–Crippen LogP) is 3.56. The highest BCUT2D eigenvalue weighted by atomic mass is 19.1. The first kappa shape index (κ1) is 21.0. The number of nitrogens with one attached hydrogen (secondary N) is 1. The Bertz CT molecular complexity index is 875. The fraction of sp³-hybridized carbons (Fsp3) is 0.238. The maximum Gasteiger partial charge on any atom is 0.307 e. The van der Waals surface area contributed by atoms with Gasteiger partial charge in [0.15, 0.2) is 17.7 Å². The fourth-order valence-electron chi connectivity index (χ4n) is 2.34. The van der Waals surface area contributed by atoms with Crippen molar-refractivity contribution in [3.05, 3.63) is 65.5 Å². The summed E-state index contributed by atoms with van der Waals surface area (Å²) in [5.41, 5.74) is 1.28. The van der Waals surface area contributed by atoms with E-state index in [1.165, 1.54) is 38.1 Å². The first-order valence-electron chi connectivity index (χ1n) is 8.66. The Labute approximate surface area is 161 Å². The molecule has 1 atom stereocenters. The zero-order chi connectivity index (χ0) is 20.7. The lowest BCUT2D eigenvalue weighted by molar-refractivity contribution is -0.153. The van der Waals surface area contributed by atoms with Crippen LogP contribution < -0.4 is 5.32 Å². The number of halogens is 1. The molecule has 0 spiro atoms. The van der Waals surface area contributed by atoms with E-state index >= 15 is 0 Å². The number of ketones is 2. The summed E-state index contributed by atoms with van der Waals surface area (Å²) in [6, 6.07) is 11.3. The van der Waals surface area contributed by atoms with Crippen LogP contribution in [0.1, 0.15) is 47.4 Å². The Kier molecular flexibility index (Phi) is 7.14. The molecule has 0 unspecified atom stereocenters. The maximum absolute atomic E-state index is 12.9. The normalized spacial score (nSPS) is 11.4. The van der Waals surface area contributed by atoms with Crippen molar-refractivity contribution in [1.82, 2.24) is 0 Å². The molecular formula is C21H20FNO5. The lowest BCUT2D eigenvalue weighted by atomic mass is 10.1. The van der Waals surface area contributed by atoms with Crippen molar-refractivity contribution in [3.8, 4) is 0 Å². The van der Waals surface area contributed by atoms with Crippen LogP contribution in [0, 0.1) is 5.82 Å². The summed E-state index contributed by atoms with van der Waals surface area (Å²) in [5.74, 6) is -2.08. The molecule has 1 N–H and O–H groups in total. The lowest BCUT2D eigenvalue weighted by Gasteiger charge is -2.13. The zero-order valence-electron chi connectivity index (χ0n) is 15.5. The molecule has 0 saturated heterocycles. The third-order valence-electron chi connectivity index (χ3n) is 3.96. The van der Waals surface area contributed by atoms with E-state index in [-0.39, 0.29) is 24.4 Å². The average Bonchev–Trinajstić information content (AvgIpc) is 2.67. The van der Waals surface area contributed by atoms with E-state index in [0.29, 0.717) is 16.8 Å². The molecule has 0 saturated carbocycles. The average molecular weight is 385 g/mol. The van der Waals surface area contributed by atoms with Crippen LogP contribution in [0.3, 0.4) is 0 Å². The van der Waals surface area contributed by atoms with Crippen LogP contribution in [0.25, 0.3) is 0 Å². The van der Waals surface area contributed by atoms with E-state index in [4.69, 9.17) is 4.74 Å². The Hall–Kier alpha value is -3.35. The largest absolute Gasteiger partial charge is 0.453 e. The van der Waals surface area contributed by atoms with Crippen molar-refractivity contribution in [3.63, 3.8) is 0 Å². The number of carbonyl (C=O) groups excluding carboxylic acids is 4. The van der Waals surface area contributed by atoms with E-state index in [1.54, 1.807) is 24.3 Å².